The molecule has 0 aliphatic rings. The first-order chi connectivity index (χ1) is 10.8. The van der Waals surface area contributed by atoms with Gasteiger partial charge in [0, 0.05) is 0 Å². The monoisotopic (exact) mass is 317 g/mol. The highest BCUT2D eigenvalue weighted by Crippen LogP contribution is 2.51. The van der Waals surface area contributed by atoms with Crippen molar-refractivity contribution in [1.29, 1.82) is 5.26 Å². The van der Waals surface area contributed by atoms with E-state index in [2.05, 4.69) is 0 Å². The van der Waals surface area contributed by atoms with E-state index in [0.29, 0.717) is 12.0 Å². The molecule has 0 fully saturated rings. The summed E-state index contributed by atoms with van der Waals surface area (Å²) in [6.45, 7) is 6.67. The lowest BCUT2D eigenvalue weighted by Gasteiger charge is -2.43. The lowest BCUT2D eigenvalue weighted by molar-refractivity contribution is -0.165. The standard InChI is InChI=1S/C18H23NO4/c1-5-13-9-7-8-10-14(13)17(6-2,15(20)21)18(11-19,12(3)4)16(22)23/h7-10,12H,5-6H2,1-4H3,(H,20,21)(H,22,23). The summed E-state index contributed by atoms with van der Waals surface area (Å²) in [6.07, 6.45) is 0.571. The Morgan fingerprint density at radius 2 is 1.74 bits per heavy atom. The molecule has 1 aromatic carbocycles. The van der Waals surface area contributed by atoms with E-state index < -0.39 is 28.7 Å². The summed E-state index contributed by atoms with van der Waals surface area (Å²) in [5.41, 5.74) is -2.71. The van der Waals surface area contributed by atoms with Crippen LogP contribution in [0.25, 0.3) is 0 Å². The van der Waals surface area contributed by atoms with E-state index in [1.54, 1.807) is 45.0 Å². The first-order valence-corrected chi connectivity index (χ1v) is 7.72. The fraction of sp³-hybridized carbons (Fsp3) is 0.500. The highest BCUT2D eigenvalue weighted by Gasteiger charge is 2.64. The molecule has 2 unspecified atom stereocenters. The average molecular weight is 317 g/mol. The van der Waals surface area contributed by atoms with E-state index >= 15 is 0 Å². The molecule has 1 aromatic rings. The highest BCUT2D eigenvalue weighted by molar-refractivity contribution is 5.94. The van der Waals surface area contributed by atoms with Gasteiger partial charge in [-0.15, -0.1) is 0 Å². The van der Waals surface area contributed by atoms with Crippen LogP contribution in [0.3, 0.4) is 0 Å². The number of benzene rings is 1. The Labute approximate surface area is 136 Å². The predicted octanol–water partition coefficient (Wildman–Crippen LogP) is 3.23. The van der Waals surface area contributed by atoms with Crippen LogP contribution in [0.1, 0.15) is 45.2 Å². The molecule has 0 bridgehead atoms. The van der Waals surface area contributed by atoms with Gasteiger partial charge in [0.15, 0.2) is 5.41 Å². The van der Waals surface area contributed by atoms with Gasteiger partial charge in [-0.2, -0.15) is 5.26 Å². The number of nitrogens with zero attached hydrogens (tertiary/aromatic N) is 1. The van der Waals surface area contributed by atoms with Crippen LogP contribution in [0.2, 0.25) is 0 Å². The molecule has 0 aliphatic heterocycles. The van der Waals surface area contributed by atoms with Crippen molar-refractivity contribution in [2.24, 2.45) is 11.3 Å². The van der Waals surface area contributed by atoms with Gasteiger partial charge in [0.05, 0.1) is 6.07 Å². The SMILES string of the molecule is CCc1ccccc1C(CC)(C(=O)O)C(C#N)(C(=O)O)C(C)C. The van der Waals surface area contributed by atoms with Crippen LogP contribution in [0.15, 0.2) is 24.3 Å². The molecule has 1 rings (SSSR count). The van der Waals surface area contributed by atoms with Gasteiger partial charge >= 0.3 is 11.9 Å². The first kappa shape index (κ1) is 18.7. The lowest BCUT2D eigenvalue weighted by Crippen LogP contribution is -2.58. The van der Waals surface area contributed by atoms with Crippen LogP contribution >= 0.6 is 0 Å². The van der Waals surface area contributed by atoms with Gasteiger partial charge < -0.3 is 10.2 Å². The number of hydrogen-bond donors (Lipinski definition) is 2. The Balaban J connectivity index is 3.99. The van der Waals surface area contributed by atoms with E-state index in [4.69, 9.17) is 0 Å². The highest BCUT2D eigenvalue weighted by atomic mass is 16.4. The van der Waals surface area contributed by atoms with Crippen LogP contribution < -0.4 is 0 Å². The third-order valence-corrected chi connectivity index (χ3v) is 4.81. The zero-order valence-corrected chi connectivity index (χ0v) is 14.0. The van der Waals surface area contributed by atoms with Gasteiger partial charge in [0.2, 0.25) is 0 Å². The van der Waals surface area contributed by atoms with Gasteiger partial charge in [-0.1, -0.05) is 52.0 Å². The topological polar surface area (TPSA) is 98.4 Å². The Morgan fingerprint density at radius 1 is 1.17 bits per heavy atom. The number of aliphatic carboxylic acids is 2. The zero-order chi connectivity index (χ0) is 17.8. The number of rotatable bonds is 7. The van der Waals surface area contributed by atoms with Crippen molar-refractivity contribution in [3.63, 3.8) is 0 Å². The predicted molar refractivity (Wildman–Crippen MR) is 85.9 cm³/mol. The Morgan fingerprint density at radius 3 is 2.09 bits per heavy atom. The summed E-state index contributed by atoms with van der Waals surface area (Å²) in [6, 6.07) is 8.75. The molecule has 0 aromatic heterocycles. The van der Waals surface area contributed by atoms with E-state index in [1.165, 1.54) is 0 Å². The fourth-order valence-electron chi connectivity index (χ4n) is 3.56. The molecule has 0 saturated heterocycles. The Bertz CT molecular complexity index is 647. The van der Waals surface area contributed by atoms with Crippen molar-refractivity contribution in [2.75, 3.05) is 0 Å². The van der Waals surface area contributed by atoms with Gasteiger partial charge in [-0.3, -0.25) is 9.59 Å². The third-order valence-electron chi connectivity index (χ3n) is 4.81. The second-order valence-electron chi connectivity index (χ2n) is 5.95. The molecule has 0 radical (unpaired) electrons. The van der Waals surface area contributed by atoms with Crippen molar-refractivity contribution < 1.29 is 19.8 Å². The molecule has 2 atom stereocenters. The summed E-state index contributed by atoms with van der Waals surface area (Å²) >= 11 is 0. The summed E-state index contributed by atoms with van der Waals surface area (Å²) in [7, 11) is 0. The largest absolute Gasteiger partial charge is 0.481 e. The summed E-state index contributed by atoms with van der Waals surface area (Å²) in [5, 5.41) is 29.7. The van der Waals surface area contributed by atoms with Gasteiger partial charge in [0.1, 0.15) is 5.41 Å². The van der Waals surface area contributed by atoms with E-state index in [1.807, 2.05) is 13.0 Å². The number of nitriles is 1. The molecule has 0 aliphatic carbocycles. The summed E-state index contributed by atoms with van der Waals surface area (Å²) in [5.74, 6) is -3.35. The van der Waals surface area contributed by atoms with E-state index in [0.717, 1.165) is 5.56 Å². The second kappa shape index (κ2) is 6.82. The van der Waals surface area contributed by atoms with E-state index in [-0.39, 0.29) is 6.42 Å². The molecule has 0 amide bonds. The van der Waals surface area contributed by atoms with Crippen LogP contribution in [0.5, 0.6) is 0 Å². The fourth-order valence-corrected chi connectivity index (χ4v) is 3.56. The van der Waals surface area contributed by atoms with Crippen molar-refractivity contribution in [3.05, 3.63) is 35.4 Å². The zero-order valence-electron chi connectivity index (χ0n) is 14.0. The minimum absolute atomic E-state index is 0.0113. The Hall–Kier alpha value is -2.35. The van der Waals surface area contributed by atoms with Crippen molar-refractivity contribution in [1.82, 2.24) is 0 Å². The van der Waals surface area contributed by atoms with Gasteiger partial charge in [-0.05, 0) is 29.9 Å². The first-order valence-electron chi connectivity index (χ1n) is 7.72. The lowest BCUT2D eigenvalue weighted by atomic mass is 9.53. The quantitative estimate of drug-likeness (QED) is 0.804. The van der Waals surface area contributed by atoms with E-state index in [9.17, 15) is 25.1 Å². The minimum atomic E-state index is -2.06. The number of aryl methyl sites for hydroxylation is 1. The van der Waals surface area contributed by atoms with Gasteiger partial charge in [0.25, 0.3) is 0 Å². The Kier molecular flexibility index (Phi) is 5.55. The molecule has 5 heteroatoms. The number of carbonyl (C=O) groups is 2. The van der Waals surface area contributed by atoms with Crippen molar-refractivity contribution in [2.45, 2.75) is 46.0 Å². The third kappa shape index (κ3) is 2.48. The van der Waals surface area contributed by atoms with Crippen LogP contribution in [-0.2, 0) is 21.4 Å². The summed E-state index contributed by atoms with van der Waals surface area (Å²) < 4.78 is 0. The second-order valence-corrected chi connectivity index (χ2v) is 5.95. The number of carboxylic acids is 2. The minimum Gasteiger partial charge on any atom is -0.481 e. The molecule has 0 spiro atoms. The molecule has 5 nitrogen and oxygen atoms in total. The molecule has 23 heavy (non-hydrogen) atoms. The molecular weight excluding hydrogens is 294 g/mol. The van der Waals surface area contributed by atoms with Crippen LogP contribution in [0.4, 0.5) is 0 Å². The molecular formula is C18H23NO4. The molecule has 0 heterocycles. The van der Waals surface area contributed by atoms with Crippen molar-refractivity contribution in [3.8, 4) is 6.07 Å². The molecule has 124 valence electrons. The van der Waals surface area contributed by atoms with Crippen LogP contribution in [-0.4, -0.2) is 22.2 Å². The maximum Gasteiger partial charge on any atom is 0.325 e. The smallest absolute Gasteiger partial charge is 0.325 e. The van der Waals surface area contributed by atoms with Crippen LogP contribution in [0, 0.1) is 22.7 Å². The molecule has 0 saturated carbocycles. The van der Waals surface area contributed by atoms with Gasteiger partial charge in [-0.25, -0.2) is 0 Å². The molecule has 2 N–H and O–H groups in total. The average Bonchev–Trinajstić information content (AvgIpc) is 2.51. The number of hydrogen-bond acceptors (Lipinski definition) is 3. The number of carboxylic acid groups (broad SMARTS) is 2. The normalized spacial score (nSPS) is 16.2. The maximum absolute atomic E-state index is 12.3. The summed E-state index contributed by atoms with van der Waals surface area (Å²) in [4.78, 5) is 24.4. The van der Waals surface area contributed by atoms with Crippen molar-refractivity contribution >= 4 is 11.9 Å². The maximum atomic E-state index is 12.3.